The molecule has 0 amide bonds. The number of aryl methyl sites for hydroxylation is 2. The second-order valence-corrected chi connectivity index (χ2v) is 4.98. The van der Waals surface area contributed by atoms with Gasteiger partial charge in [0.25, 0.3) is 0 Å². The van der Waals surface area contributed by atoms with Crippen LogP contribution in [0.3, 0.4) is 0 Å². The van der Waals surface area contributed by atoms with Crippen LogP contribution in [0, 0.1) is 19.8 Å². The van der Waals surface area contributed by atoms with E-state index >= 15 is 0 Å². The molecule has 0 fully saturated rings. The maximum atomic E-state index is 11.0. The minimum absolute atomic E-state index is 0.350. The van der Waals surface area contributed by atoms with Crippen LogP contribution < -0.4 is 4.90 Å². The average Bonchev–Trinajstić information content (AvgIpc) is 2.28. The van der Waals surface area contributed by atoms with Gasteiger partial charge in [0.2, 0.25) is 0 Å². The Kier molecular flexibility index (Phi) is 5.20. The molecule has 3 nitrogen and oxygen atoms in total. The zero-order valence-electron chi connectivity index (χ0n) is 11.7. The fourth-order valence-electron chi connectivity index (χ4n) is 2.15. The highest BCUT2D eigenvalue weighted by atomic mass is 16.4. The number of hydrogen-bond donors (Lipinski definition) is 1. The summed E-state index contributed by atoms with van der Waals surface area (Å²) in [6, 6.07) is 6.31. The Morgan fingerprint density at radius 2 is 2.06 bits per heavy atom. The van der Waals surface area contributed by atoms with Gasteiger partial charge < -0.3 is 10.0 Å². The van der Waals surface area contributed by atoms with E-state index < -0.39 is 5.97 Å². The Bertz CT molecular complexity index is 415. The molecule has 0 aliphatic carbocycles. The largest absolute Gasteiger partial charge is 0.481 e. The van der Waals surface area contributed by atoms with Crippen molar-refractivity contribution in [3.05, 3.63) is 29.3 Å². The van der Waals surface area contributed by atoms with Gasteiger partial charge in [-0.2, -0.15) is 0 Å². The predicted octanol–water partition coefficient (Wildman–Crippen LogP) is 3.24. The van der Waals surface area contributed by atoms with Gasteiger partial charge >= 0.3 is 5.97 Å². The second kappa shape index (κ2) is 6.43. The van der Waals surface area contributed by atoms with Crippen molar-refractivity contribution in [1.29, 1.82) is 0 Å². The maximum absolute atomic E-state index is 11.0. The van der Waals surface area contributed by atoms with E-state index in [4.69, 9.17) is 5.11 Å². The van der Waals surface area contributed by atoms with Gasteiger partial charge in [-0.1, -0.05) is 31.5 Å². The molecule has 3 heteroatoms. The summed E-state index contributed by atoms with van der Waals surface area (Å²) in [6.07, 6.45) is 1.01. The van der Waals surface area contributed by atoms with E-state index in [1.165, 1.54) is 11.1 Å². The first kappa shape index (κ1) is 14.6. The molecule has 0 spiro atoms. The summed E-state index contributed by atoms with van der Waals surface area (Å²) in [5, 5.41) is 9.03. The molecule has 1 aromatic carbocycles. The first-order chi connectivity index (χ1) is 8.45. The summed E-state index contributed by atoms with van der Waals surface area (Å²) in [6.45, 7) is 9.47. The number of anilines is 1. The van der Waals surface area contributed by atoms with Crippen LogP contribution in [0.1, 0.15) is 31.4 Å². The fourth-order valence-corrected chi connectivity index (χ4v) is 2.15. The van der Waals surface area contributed by atoms with Crippen LogP contribution in [0.25, 0.3) is 0 Å². The molecule has 0 aliphatic rings. The first-order valence-electron chi connectivity index (χ1n) is 6.50. The van der Waals surface area contributed by atoms with Crippen LogP contribution >= 0.6 is 0 Å². The maximum Gasteiger partial charge on any atom is 0.308 e. The molecule has 1 unspecified atom stereocenters. The molecule has 0 bridgehead atoms. The molecule has 1 N–H and O–H groups in total. The predicted molar refractivity (Wildman–Crippen MR) is 75.2 cm³/mol. The standard InChI is InChI=1S/C15H23NO2/c1-5-8-16(10-13(4)15(17)18)14-7-6-11(2)9-12(14)3/h6-7,9,13H,5,8,10H2,1-4H3,(H,17,18). The SMILES string of the molecule is CCCN(CC(C)C(=O)O)c1ccc(C)cc1C. The smallest absolute Gasteiger partial charge is 0.308 e. The number of carbonyl (C=O) groups is 1. The number of carboxylic acid groups (broad SMARTS) is 1. The molecule has 0 aromatic heterocycles. The quantitative estimate of drug-likeness (QED) is 0.841. The van der Waals surface area contributed by atoms with E-state index in [1.54, 1.807) is 6.92 Å². The molecule has 0 heterocycles. The monoisotopic (exact) mass is 249 g/mol. The fraction of sp³-hybridized carbons (Fsp3) is 0.533. The van der Waals surface area contributed by atoms with E-state index in [0.717, 1.165) is 18.7 Å². The van der Waals surface area contributed by atoms with Crippen LogP contribution in [0.15, 0.2) is 18.2 Å². The Labute approximate surface area is 109 Å². The third-order valence-electron chi connectivity index (χ3n) is 3.10. The third kappa shape index (κ3) is 3.76. The number of hydrogen-bond acceptors (Lipinski definition) is 2. The molecule has 0 radical (unpaired) electrons. The molecule has 1 rings (SSSR count). The molecule has 0 saturated heterocycles. The lowest BCUT2D eigenvalue weighted by Crippen LogP contribution is -2.33. The Morgan fingerprint density at radius 1 is 1.39 bits per heavy atom. The van der Waals surface area contributed by atoms with Gasteiger partial charge in [0.15, 0.2) is 0 Å². The molecular weight excluding hydrogens is 226 g/mol. The van der Waals surface area contributed by atoms with Crippen molar-refractivity contribution >= 4 is 11.7 Å². The summed E-state index contributed by atoms with van der Waals surface area (Å²) in [4.78, 5) is 13.2. The number of aliphatic carboxylic acids is 1. The van der Waals surface area contributed by atoms with Crippen molar-refractivity contribution in [2.45, 2.75) is 34.1 Å². The molecule has 0 aliphatic heterocycles. The Hall–Kier alpha value is -1.51. The molecule has 100 valence electrons. The summed E-state index contributed by atoms with van der Waals surface area (Å²) >= 11 is 0. The highest BCUT2D eigenvalue weighted by molar-refractivity contribution is 5.70. The van der Waals surface area contributed by atoms with Crippen molar-refractivity contribution in [3.8, 4) is 0 Å². The minimum atomic E-state index is -0.735. The van der Waals surface area contributed by atoms with Gasteiger partial charge in [-0.25, -0.2) is 0 Å². The highest BCUT2D eigenvalue weighted by Crippen LogP contribution is 2.22. The summed E-state index contributed by atoms with van der Waals surface area (Å²) in [7, 11) is 0. The van der Waals surface area contributed by atoms with Crippen molar-refractivity contribution in [1.82, 2.24) is 0 Å². The van der Waals surface area contributed by atoms with E-state index in [9.17, 15) is 4.79 Å². The zero-order valence-corrected chi connectivity index (χ0v) is 11.7. The van der Waals surface area contributed by atoms with Crippen LogP contribution in [0.2, 0.25) is 0 Å². The molecule has 0 saturated carbocycles. The van der Waals surface area contributed by atoms with Crippen LogP contribution in [0.4, 0.5) is 5.69 Å². The zero-order chi connectivity index (χ0) is 13.7. The molecule has 1 aromatic rings. The van der Waals surface area contributed by atoms with E-state index in [2.05, 4.69) is 43.9 Å². The van der Waals surface area contributed by atoms with Gasteiger partial charge in [-0.15, -0.1) is 0 Å². The summed E-state index contributed by atoms with van der Waals surface area (Å²) in [5.41, 5.74) is 3.59. The molecule has 18 heavy (non-hydrogen) atoms. The summed E-state index contributed by atoms with van der Waals surface area (Å²) < 4.78 is 0. The van der Waals surface area contributed by atoms with Gasteiger partial charge in [0.05, 0.1) is 5.92 Å². The lowest BCUT2D eigenvalue weighted by molar-refractivity contribution is -0.140. The second-order valence-electron chi connectivity index (χ2n) is 4.98. The van der Waals surface area contributed by atoms with Crippen molar-refractivity contribution in [2.75, 3.05) is 18.0 Å². The average molecular weight is 249 g/mol. The van der Waals surface area contributed by atoms with Gasteiger partial charge in [0, 0.05) is 18.8 Å². The highest BCUT2D eigenvalue weighted by Gasteiger charge is 2.17. The third-order valence-corrected chi connectivity index (χ3v) is 3.10. The normalized spacial score (nSPS) is 12.2. The lowest BCUT2D eigenvalue weighted by Gasteiger charge is -2.28. The van der Waals surface area contributed by atoms with Gasteiger partial charge in [-0.05, 0) is 31.9 Å². The van der Waals surface area contributed by atoms with Crippen LogP contribution in [-0.2, 0) is 4.79 Å². The van der Waals surface area contributed by atoms with Gasteiger partial charge in [0.1, 0.15) is 0 Å². The number of carboxylic acids is 1. The van der Waals surface area contributed by atoms with E-state index in [1.807, 2.05) is 0 Å². The number of benzene rings is 1. The van der Waals surface area contributed by atoms with Crippen molar-refractivity contribution < 1.29 is 9.90 Å². The van der Waals surface area contributed by atoms with Crippen LogP contribution in [-0.4, -0.2) is 24.2 Å². The van der Waals surface area contributed by atoms with E-state index in [-0.39, 0.29) is 5.92 Å². The number of nitrogens with zero attached hydrogens (tertiary/aromatic N) is 1. The van der Waals surface area contributed by atoms with E-state index in [0.29, 0.717) is 6.54 Å². The number of rotatable bonds is 6. The minimum Gasteiger partial charge on any atom is -0.481 e. The lowest BCUT2D eigenvalue weighted by atomic mass is 10.1. The summed E-state index contributed by atoms with van der Waals surface area (Å²) in [5.74, 6) is -1.09. The first-order valence-corrected chi connectivity index (χ1v) is 6.50. The molecular formula is C15H23NO2. The van der Waals surface area contributed by atoms with Crippen molar-refractivity contribution in [2.24, 2.45) is 5.92 Å². The van der Waals surface area contributed by atoms with Crippen LogP contribution in [0.5, 0.6) is 0 Å². The molecule has 1 atom stereocenters. The topological polar surface area (TPSA) is 40.5 Å². The van der Waals surface area contributed by atoms with Gasteiger partial charge in [-0.3, -0.25) is 4.79 Å². The Morgan fingerprint density at radius 3 is 2.56 bits per heavy atom. The Balaban J connectivity index is 2.93. The van der Waals surface area contributed by atoms with Crippen molar-refractivity contribution in [3.63, 3.8) is 0 Å².